The molecule has 0 N–H and O–H groups in total. The first-order valence-electron chi connectivity index (χ1n) is 0.507. The van der Waals surface area contributed by atoms with Gasteiger partial charge in [-0.25, -0.2) is 0 Å². The maximum atomic E-state index is 5.01. The molecule has 0 aliphatic heterocycles. The zero-order valence-corrected chi connectivity index (χ0v) is 7.33. The van der Waals surface area contributed by atoms with Gasteiger partial charge in [-0.05, 0) is 0 Å². The normalized spacial score (nSPS) is 7.20. The topological polar surface area (TPSA) is 0 Å². The third-order valence-electron chi connectivity index (χ3n) is 0. The van der Waals surface area contributed by atoms with Crippen molar-refractivity contribution in [3.8, 4) is 0 Å². The van der Waals surface area contributed by atoms with Crippen LogP contribution in [0.2, 0.25) is 0 Å². The van der Waals surface area contributed by atoms with Crippen LogP contribution in [0.1, 0.15) is 0 Å². The Hall–Kier alpha value is 2.35. The average Bonchev–Trinajstić information content (AvgIpc) is 0.811. The van der Waals surface area contributed by atoms with Gasteiger partial charge < -0.3 is 0 Å². The van der Waals surface area contributed by atoms with Gasteiger partial charge in [0.15, 0.2) is 0 Å². The van der Waals surface area contributed by atoms with Crippen molar-refractivity contribution in [3.63, 3.8) is 0 Å². The summed E-state index contributed by atoms with van der Waals surface area (Å²) in [6.45, 7) is 0. The second-order valence-corrected chi connectivity index (χ2v) is 15.1. The molecule has 0 spiro atoms. The van der Waals surface area contributed by atoms with Crippen LogP contribution in [-0.4, -0.2) is 37.0 Å². The molecule has 0 nitrogen and oxygen atoms in total. The Kier molecular flexibility index (Phi) is 13.2. The van der Waals surface area contributed by atoms with Gasteiger partial charge in [0, 0.05) is 0 Å². The minimum atomic E-state index is -2.18. The molecule has 0 aromatic rings. The van der Waals surface area contributed by atoms with Gasteiger partial charge in [0.1, 0.15) is 0 Å². The molecule has 0 saturated heterocycles. The number of hydrogen-bond donors (Lipinski definition) is 0. The van der Waals surface area contributed by atoms with E-state index >= 15 is 0 Å². The number of rotatable bonds is 0. The summed E-state index contributed by atoms with van der Waals surface area (Å²) in [6, 6.07) is 0. The fourth-order valence-corrected chi connectivity index (χ4v) is 0. The van der Waals surface area contributed by atoms with Gasteiger partial charge in [-0.1, -0.05) is 0 Å². The monoisotopic (exact) mass is 322 g/mol. The van der Waals surface area contributed by atoms with E-state index in [1.807, 2.05) is 0 Å². The minimum absolute atomic E-state index is 0. The quantitative estimate of drug-likeness (QED) is 0.585. The Morgan fingerprint density at radius 1 is 1.00 bits per heavy atom. The van der Waals surface area contributed by atoms with Gasteiger partial charge >= 0.3 is 62.6 Å². The van der Waals surface area contributed by atoms with Crippen molar-refractivity contribution in [3.05, 3.63) is 0 Å². The maximum absolute atomic E-state index is 5.01. The first-order chi connectivity index (χ1) is 1.73. The van der Waals surface area contributed by atoms with E-state index in [1.54, 1.807) is 0 Å². The second-order valence-electron chi connectivity index (χ2n) is 0.192. The molecule has 0 saturated carbocycles. The van der Waals surface area contributed by atoms with Crippen molar-refractivity contribution in [2.24, 2.45) is 0 Å². The van der Waals surface area contributed by atoms with Gasteiger partial charge in [-0.3, -0.25) is 0 Å². The molecule has 0 fully saturated rings. The van der Waals surface area contributed by atoms with Crippen LogP contribution in [0.5, 0.6) is 0 Å². The molecule has 0 aliphatic carbocycles. The molecule has 0 aliphatic rings. The van der Waals surface area contributed by atoms with Crippen molar-refractivity contribution in [1.82, 2.24) is 0 Å². The van der Waals surface area contributed by atoms with Crippen LogP contribution in [-0.2, 0) is 0 Å². The summed E-state index contributed by atoms with van der Waals surface area (Å²) in [5, 5.41) is 0. The van der Waals surface area contributed by atoms with Crippen LogP contribution in [0, 0.1) is 0 Å². The van der Waals surface area contributed by atoms with Gasteiger partial charge in [-0.2, -0.15) is 0 Å². The Bertz CT molecular complexity index is 11.6. The standard InChI is InChI=1S/Bi.3ClH.Li.H/h;3*1H;;/q+3;;;;;/p-3. The first kappa shape index (κ1) is 10.4. The third kappa shape index (κ3) is 21.8. The summed E-state index contributed by atoms with van der Waals surface area (Å²) in [6.07, 6.45) is 0. The fourth-order valence-electron chi connectivity index (χ4n) is 0. The molecule has 0 heterocycles. The van der Waals surface area contributed by atoms with Crippen LogP contribution in [0.15, 0.2) is 0 Å². The van der Waals surface area contributed by atoms with E-state index in [1.165, 1.54) is 0 Å². The summed E-state index contributed by atoms with van der Waals surface area (Å²) in [5.41, 5.74) is 0. The van der Waals surface area contributed by atoms with Crippen LogP contribution in [0.4, 0.5) is 0 Å². The van der Waals surface area contributed by atoms with E-state index < -0.39 is 18.2 Å². The van der Waals surface area contributed by atoms with Gasteiger partial charge in [-0.15, -0.1) is 0 Å². The van der Waals surface area contributed by atoms with Gasteiger partial charge in [0.2, 0.25) is 0 Å². The number of halogens is 3. The van der Waals surface area contributed by atoms with Gasteiger partial charge in [0.05, 0.1) is 0 Å². The predicted molar refractivity (Wildman–Crippen MR) is 30.5 cm³/mol. The van der Waals surface area contributed by atoms with Crippen LogP contribution in [0.25, 0.3) is 0 Å². The van der Waals surface area contributed by atoms with Crippen LogP contribution < -0.4 is 0 Å². The molecule has 0 amide bonds. The Labute approximate surface area is 61.7 Å². The molecule has 5 heteroatoms. The first-order valence-corrected chi connectivity index (χ1v) is 13.3. The van der Waals surface area contributed by atoms with E-state index in [0.29, 0.717) is 0 Å². The number of hydrogen-bond acceptors (Lipinski definition) is 0. The summed E-state index contributed by atoms with van der Waals surface area (Å²) < 4.78 is 0. The molecule has 0 unspecified atom stereocenters. The SMILES string of the molecule is [Cl][Bi]([Cl])[Cl].[LiH]. The molecule has 28 valence electrons. The van der Waals surface area contributed by atoms with Crippen molar-refractivity contribution >= 4 is 62.6 Å². The zero-order valence-electron chi connectivity index (χ0n) is 1.58. The Morgan fingerprint density at radius 3 is 1.00 bits per heavy atom. The van der Waals surface area contributed by atoms with Crippen molar-refractivity contribution in [2.75, 3.05) is 0 Å². The summed E-state index contributed by atoms with van der Waals surface area (Å²) in [4.78, 5) is 0. The summed E-state index contributed by atoms with van der Waals surface area (Å²) in [5.74, 6) is 0. The van der Waals surface area contributed by atoms with E-state index in [-0.39, 0.29) is 18.9 Å². The Morgan fingerprint density at radius 2 is 1.00 bits per heavy atom. The molecule has 5 heavy (non-hydrogen) atoms. The molecule has 0 aromatic heterocycles. The molecular formula is HBiCl3Li. The van der Waals surface area contributed by atoms with E-state index in [9.17, 15) is 0 Å². The summed E-state index contributed by atoms with van der Waals surface area (Å²) >= 11 is -2.18. The fraction of sp³-hybridized carbons (Fsp3) is 0. The Balaban J connectivity index is 0. The van der Waals surface area contributed by atoms with Gasteiger partial charge in [0.25, 0.3) is 0 Å². The van der Waals surface area contributed by atoms with Crippen LogP contribution in [0.3, 0.4) is 0 Å². The molecule has 0 bridgehead atoms. The van der Waals surface area contributed by atoms with Crippen molar-refractivity contribution in [1.29, 1.82) is 0 Å². The zero-order chi connectivity index (χ0) is 3.58. The van der Waals surface area contributed by atoms with Crippen molar-refractivity contribution < 1.29 is 0 Å². The predicted octanol–water partition coefficient (Wildman–Crippen LogP) is 1.04. The average molecular weight is 323 g/mol. The molecule has 0 atom stereocenters. The third-order valence-corrected chi connectivity index (χ3v) is 0. The van der Waals surface area contributed by atoms with Crippen molar-refractivity contribution in [2.45, 2.75) is 0 Å². The second kappa shape index (κ2) is 6.35. The molecular weight excluding hydrogens is 322 g/mol. The van der Waals surface area contributed by atoms with Crippen LogP contribution >= 0.6 is 25.5 Å². The summed E-state index contributed by atoms with van der Waals surface area (Å²) in [7, 11) is 15.0. The molecule has 0 radical (unpaired) electrons. The van der Waals surface area contributed by atoms with E-state index in [2.05, 4.69) is 0 Å². The van der Waals surface area contributed by atoms with E-state index in [0.717, 1.165) is 0 Å². The van der Waals surface area contributed by atoms with E-state index in [4.69, 9.17) is 25.5 Å². The molecule has 0 aromatic carbocycles. The molecule has 0 rings (SSSR count).